The zero-order valence-corrected chi connectivity index (χ0v) is 19.5. The second-order valence-electron chi connectivity index (χ2n) is 9.97. The van der Waals surface area contributed by atoms with Crippen LogP contribution in [-0.4, -0.2) is 35.7 Å². The summed E-state index contributed by atoms with van der Waals surface area (Å²) in [6.45, 7) is 6.69. The van der Waals surface area contributed by atoms with Crippen LogP contribution in [0.2, 0.25) is 0 Å². The van der Waals surface area contributed by atoms with Crippen LogP contribution in [0.1, 0.15) is 58.9 Å². The summed E-state index contributed by atoms with van der Waals surface area (Å²) in [6, 6.07) is 11.1. The van der Waals surface area contributed by atoms with E-state index in [-0.39, 0.29) is 25.6 Å². The lowest BCUT2D eigenvalue weighted by atomic mass is 9.87. The molecule has 5 nitrogen and oxygen atoms in total. The molecule has 8 heteroatoms. The molecule has 0 saturated heterocycles. The number of carbonyl (C=O) groups is 1. The molecule has 0 heterocycles. The Balaban J connectivity index is 1.71. The first kappa shape index (κ1) is 25.1. The Labute approximate surface area is 192 Å². The van der Waals surface area contributed by atoms with E-state index in [1.165, 1.54) is 0 Å². The molecule has 2 aromatic carbocycles. The minimum Gasteiger partial charge on any atom is -0.490 e. The molecule has 0 spiro atoms. The summed E-state index contributed by atoms with van der Waals surface area (Å²) in [5, 5.41) is 14.5. The first-order chi connectivity index (χ1) is 15.3. The van der Waals surface area contributed by atoms with Crippen molar-refractivity contribution in [1.29, 1.82) is 0 Å². The Kier molecular flexibility index (Phi) is 7.17. The van der Waals surface area contributed by atoms with Crippen molar-refractivity contribution >= 4 is 16.9 Å². The Hall–Kier alpha value is -2.48. The number of hydrogen-bond acceptors (Lipinski definition) is 4. The molecule has 1 saturated carbocycles. The summed E-state index contributed by atoms with van der Waals surface area (Å²) in [4.78, 5) is 12.3. The fraction of sp³-hybridized carbons (Fsp3) is 0.560. The highest BCUT2D eigenvalue weighted by molar-refractivity contribution is 5.85. The van der Waals surface area contributed by atoms with Crippen LogP contribution in [0.25, 0.3) is 10.8 Å². The average molecular weight is 468 g/mol. The number of amides is 1. The minimum atomic E-state index is -4.13. The van der Waals surface area contributed by atoms with Gasteiger partial charge in [0.05, 0.1) is 24.2 Å². The van der Waals surface area contributed by atoms with E-state index in [1.54, 1.807) is 33.8 Å². The molecule has 1 aliphatic carbocycles. The van der Waals surface area contributed by atoms with Crippen molar-refractivity contribution < 1.29 is 32.5 Å². The third-order valence-electron chi connectivity index (χ3n) is 5.98. The van der Waals surface area contributed by atoms with Gasteiger partial charge in [-0.25, -0.2) is 4.79 Å². The summed E-state index contributed by atoms with van der Waals surface area (Å²) < 4.78 is 49.9. The molecule has 1 aliphatic rings. The summed E-state index contributed by atoms with van der Waals surface area (Å²) in [7, 11) is 0. The van der Waals surface area contributed by atoms with Gasteiger partial charge in [0.2, 0.25) is 0 Å². The molecule has 0 unspecified atom stereocenters. The first-order valence-corrected chi connectivity index (χ1v) is 11.2. The maximum Gasteiger partial charge on any atom is 0.408 e. The van der Waals surface area contributed by atoms with E-state index in [0.29, 0.717) is 24.2 Å². The molecule has 0 aromatic heterocycles. The Morgan fingerprint density at radius 1 is 1.00 bits per heavy atom. The molecule has 0 radical (unpaired) electrons. The topological polar surface area (TPSA) is 67.8 Å². The minimum absolute atomic E-state index is 0.0928. The van der Waals surface area contributed by atoms with Crippen molar-refractivity contribution in [2.75, 3.05) is 6.61 Å². The van der Waals surface area contributed by atoms with Gasteiger partial charge >= 0.3 is 12.3 Å². The number of benzene rings is 2. The van der Waals surface area contributed by atoms with Gasteiger partial charge in [-0.15, -0.1) is 0 Å². The van der Waals surface area contributed by atoms with Gasteiger partial charge in [0, 0.05) is 0 Å². The molecular weight excluding hydrogens is 435 g/mol. The molecule has 0 bridgehead atoms. The van der Waals surface area contributed by atoms with Crippen molar-refractivity contribution in [1.82, 2.24) is 5.32 Å². The average Bonchev–Trinajstić information content (AvgIpc) is 2.71. The van der Waals surface area contributed by atoms with E-state index >= 15 is 0 Å². The molecule has 1 fully saturated rings. The van der Waals surface area contributed by atoms with Crippen molar-refractivity contribution in [3.8, 4) is 5.75 Å². The summed E-state index contributed by atoms with van der Waals surface area (Å²) in [5.41, 5.74) is -0.989. The van der Waals surface area contributed by atoms with Crippen LogP contribution in [0.15, 0.2) is 36.4 Å². The molecule has 3 rings (SSSR count). The number of halogens is 3. The number of nitrogens with one attached hydrogen (secondary N) is 1. The Morgan fingerprint density at radius 2 is 1.61 bits per heavy atom. The van der Waals surface area contributed by atoms with Crippen LogP contribution in [0.5, 0.6) is 5.75 Å². The fourth-order valence-corrected chi connectivity index (χ4v) is 4.07. The van der Waals surface area contributed by atoms with Crippen molar-refractivity contribution in [2.45, 2.75) is 76.8 Å². The lowest BCUT2D eigenvalue weighted by Crippen LogP contribution is -2.48. The second-order valence-corrected chi connectivity index (χ2v) is 9.97. The van der Waals surface area contributed by atoms with E-state index in [9.17, 15) is 23.1 Å². The second kappa shape index (κ2) is 9.41. The van der Waals surface area contributed by atoms with Crippen LogP contribution in [0, 0.1) is 5.92 Å². The summed E-state index contributed by atoms with van der Waals surface area (Å²) in [6.07, 6.45) is -4.03. The van der Waals surface area contributed by atoms with Crippen LogP contribution in [-0.2, 0) is 10.3 Å². The van der Waals surface area contributed by atoms with E-state index in [4.69, 9.17) is 9.47 Å². The molecule has 33 heavy (non-hydrogen) atoms. The van der Waals surface area contributed by atoms with Gasteiger partial charge in [-0.05, 0) is 87.9 Å². The lowest BCUT2D eigenvalue weighted by Gasteiger charge is -2.31. The number of alkyl carbamates (subject to hydrolysis) is 1. The quantitative estimate of drug-likeness (QED) is 0.560. The molecule has 182 valence electrons. The highest BCUT2D eigenvalue weighted by atomic mass is 19.4. The van der Waals surface area contributed by atoms with Gasteiger partial charge in [0.25, 0.3) is 0 Å². The van der Waals surface area contributed by atoms with Crippen molar-refractivity contribution in [3.63, 3.8) is 0 Å². The highest BCUT2D eigenvalue weighted by Gasteiger charge is 2.41. The van der Waals surface area contributed by atoms with E-state index in [0.717, 1.165) is 10.8 Å². The Bertz CT molecular complexity index is 978. The largest absolute Gasteiger partial charge is 0.490 e. The summed E-state index contributed by atoms with van der Waals surface area (Å²) >= 11 is 0. The van der Waals surface area contributed by atoms with Crippen LogP contribution in [0.3, 0.4) is 0 Å². The maximum atomic E-state index is 12.9. The van der Waals surface area contributed by atoms with Gasteiger partial charge < -0.3 is 19.9 Å². The van der Waals surface area contributed by atoms with Crippen LogP contribution >= 0.6 is 0 Å². The number of aliphatic hydroxyl groups is 1. The van der Waals surface area contributed by atoms with Gasteiger partial charge in [0.15, 0.2) is 0 Å². The summed E-state index contributed by atoms with van der Waals surface area (Å²) in [5.74, 6) is -0.620. The van der Waals surface area contributed by atoms with E-state index < -0.39 is 29.3 Å². The number of hydrogen-bond donors (Lipinski definition) is 2. The highest BCUT2D eigenvalue weighted by Crippen LogP contribution is 2.38. The van der Waals surface area contributed by atoms with Crippen molar-refractivity contribution in [3.05, 3.63) is 42.0 Å². The predicted molar refractivity (Wildman–Crippen MR) is 120 cm³/mol. The van der Waals surface area contributed by atoms with Crippen LogP contribution < -0.4 is 10.1 Å². The molecule has 1 amide bonds. The Morgan fingerprint density at radius 3 is 2.18 bits per heavy atom. The standard InChI is InChI=1S/C25H32F3NO4/c1-23(2,3)33-22(31)29-24(4,15-30)19-7-5-17-14-21(10-6-16(17)13-19)32-20-11-8-18(9-12-20)25(26,27)28/h5-7,10,13-14,18,20,30H,8-9,11-12,15H2,1-4H3,(H,29,31)/t18-,20-,24-/m0/s1. The number of fused-ring (bicyclic) bond motifs is 1. The number of alkyl halides is 3. The van der Waals surface area contributed by atoms with Gasteiger partial charge in [-0.2, -0.15) is 13.2 Å². The SMILES string of the molecule is CC(C)(C)OC(=O)N[C@@](C)(CO)c1ccc2cc(O[C@H]3CC[C@H](C(F)(F)F)CC3)ccc2c1. The van der Waals surface area contributed by atoms with Gasteiger partial charge in [-0.3, -0.25) is 0 Å². The van der Waals surface area contributed by atoms with E-state index in [1.807, 2.05) is 30.3 Å². The molecule has 0 aliphatic heterocycles. The molecule has 1 atom stereocenters. The maximum absolute atomic E-state index is 12.9. The smallest absolute Gasteiger partial charge is 0.408 e. The zero-order valence-electron chi connectivity index (χ0n) is 19.5. The van der Waals surface area contributed by atoms with Crippen LogP contribution in [0.4, 0.5) is 18.0 Å². The van der Waals surface area contributed by atoms with Crippen molar-refractivity contribution in [2.24, 2.45) is 5.92 Å². The predicted octanol–water partition coefficient (Wildman–Crippen LogP) is 6.07. The molecular formula is C25H32F3NO4. The number of aliphatic hydroxyl groups excluding tert-OH is 1. The monoisotopic (exact) mass is 467 g/mol. The number of rotatable bonds is 5. The third kappa shape index (κ3) is 6.53. The first-order valence-electron chi connectivity index (χ1n) is 11.2. The van der Waals surface area contributed by atoms with E-state index in [2.05, 4.69) is 5.32 Å². The lowest BCUT2D eigenvalue weighted by molar-refractivity contribution is -0.185. The number of ether oxygens (including phenoxy) is 2. The zero-order chi connectivity index (χ0) is 24.4. The molecule has 2 N–H and O–H groups in total. The fourth-order valence-electron chi connectivity index (χ4n) is 4.07. The number of carbonyl (C=O) groups excluding carboxylic acids is 1. The normalized spacial score (nSPS) is 21.3. The van der Waals surface area contributed by atoms with Gasteiger partial charge in [0.1, 0.15) is 11.4 Å². The molecule has 2 aromatic rings. The third-order valence-corrected chi connectivity index (χ3v) is 5.98. The van der Waals surface area contributed by atoms with Gasteiger partial charge in [-0.1, -0.05) is 18.2 Å².